The van der Waals surface area contributed by atoms with Gasteiger partial charge in [0.05, 0.1) is 29.1 Å². The number of carbonyl (C=O) groups is 1. The molecule has 0 aliphatic rings. The Bertz CT molecular complexity index is 597. The van der Waals surface area contributed by atoms with Crippen LogP contribution in [0.25, 0.3) is 11.5 Å². The minimum absolute atomic E-state index is 0.0397. The Labute approximate surface area is 112 Å². The number of carbonyl (C=O) groups excluding carboxylic acids is 1. The highest BCUT2D eigenvalue weighted by Crippen LogP contribution is 2.37. The number of esters is 1. The maximum Gasteiger partial charge on any atom is 0.358 e. The maximum absolute atomic E-state index is 11.5. The second kappa shape index (κ2) is 4.88. The van der Waals surface area contributed by atoms with Crippen LogP contribution in [0.4, 0.5) is 5.69 Å². The Morgan fingerprint density at radius 2 is 2.17 bits per heavy atom. The molecule has 0 radical (unpaired) electrons. The zero-order valence-corrected chi connectivity index (χ0v) is 10.7. The van der Waals surface area contributed by atoms with Crippen molar-refractivity contribution >= 4 is 34.9 Å². The van der Waals surface area contributed by atoms with Crippen molar-refractivity contribution in [3.63, 3.8) is 0 Å². The highest BCUT2D eigenvalue weighted by atomic mass is 35.5. The van der Waals surface area contributed by atoms with Crippen molar-refractivity contribution in [3.8, 4) is 11.5 Å². The summed E-state index contributed by atoms with van der Waals surface area (Å²) in [6.45, 7) is 0. The van der Waals surface area contributed by atoms with Crippen LogP contribution >= 0.6 is 23.2 Å². The first-order valence-corrected chi connectivity index (χ1v) is 5.58. The lowest BCUT2D eigenvalue weighted by Crippen LogP contribution is -2.08. The van der Waals surface area contributed by atoms with Gasteiger partial charge in [-0.25, -0.2) is 9.78 Å². The van der Waals surface area contributed by atoms with Crippen LogP contribution in [0.5, 0.6) is 0 Å². The molecule has 94 valence electrons. The van der Waals surface area contributed by atoms with Gasteiger partial charge in [0.2, 0.25) is 0 Å². The van der Waals surface area contributed by atoms with E-state index in [9.17, 15) is 4.79 Å². The minimum Gasteiger partial charge on any atom is -0.464 e. The summed E-state index contributed by atoms with van der Waals surface area (Å²) < 4.78 is 9.74. The van der Waals surface area contributed by atoms with Crippen LogP contribution in [0.3, 0.4) is 0 Å². The van der Waals surface area contributed by atoms with E-state index >= 15 is 0 Å². The lowest BCUT2D eigenvalue weighted by molar-refractivity contribution is 0.0594. The van der Waals surface area contributed by atoms with Gasteiger partial charge in [-0.3, -0.25) is 0 Å². The monoisotopic (exact) mass is 286 g/mol. The third-order valence-corrected chi connectivity index (χ3v) is 3.01. The lowest BCUT2D eigenvalue weighted by Gasteiger charge is -2.09. The van der Waals surface area contributed by atoms with E-state index in [1.807, 2.05) is 0 Å². The smallest absolute Gasteiger partial charge is 0.358 e. The van der Waals surface area contributed by atoms with Gasteiger partial charge in [0.15, 0.2) is 11.5 Å². The number of nitrogen functional groups attached to an aromatic ring is 1. The quantitative estimate of drug-likeness (QED) is 0.859. The van der Waals surface area contributed by atoms with Crippen LogP contribution < -0.4 is 5.73 Å². The Hall–Kier alpha value is -1.72. The second-order valence-corrected chi connectivity index (χ2v) is 4.08. The van der Waals surface area contributed by atoms with Crippen LogP contribution in [-0.2, 0) is 4.74 Å². The van der Waals surface area contributed by atoms with Gasteiger partial charge < -0.3 is 14.9 Å². The number of ether oxygens (including phenoxy) is 1. The Balaban J connectivity index is 2.69. The number of nitrogens with zero attached hydrogens (tertiary/aromatic N) is 1. The Morgan fingerprint density at radius 3 is 2.72 bits per heavy atom. The van der Waals surface area contributed by atoms with E-state index in [1.54, 1.807) is 12.1 Å². The van der Waals surface area contributed by atoms with E-state index in [0.717, 1.165) is 0 Å². The van der Waals surface area contributed by atoms with E-state index in [0.29, 0.717) is 5.76 Å². The van der Waals surface area contributed by atoms with Crippen molar-refractivity contribution in [3.05, 3.63) is 34.1 Å². The largest absolute Gasteiger partial charge is 0.464 e. The molecule has 0 aliphatic carbocycles. The van der Waals surface area contributed by atoms with E-state index in [1.165, 1.54) is 13.4 Å². The molecule has 7 heteroatoms. The van der Waals surface area contributed by atoms with Gasteiger partial charge in [0, 0.05) is 0 Å². The number of anilines is 1. The topological polar surface area (TPSA) is 78.3 Å². The van der Waals surface area contributed by atoms with Crippen LogP contribution in [-0.4, -0.2) is 18.1 Å². The normalized spacial score (nSPS) is 10.4. The maximum atomic E-state index is 11.5. The summed E-state index contributed by atoms with van der Waals surface area (Å²) in [6, 6.07) is 3.30. The molecule has 0 saturated heterocycles. The molecular formula is C11H8Cl2N2O3. The van der Waals surface area contributed by atoms with Crippen LogP contribution in [0, 0.1) is 0 Å². The summed E-state index contributed by atoms with van der Waals surface area (Å²) in [7, 11) is 1.22. The number of aromatic nitrogens is 1. The van der Waals surface area contributed by atoms with Gasteiger partial charge in [0.25, 0.3) is 0 Å². The van der Waals surface area contributed by atoms with E-state index in [4.69, 9.17) is 33.4 Å². The van der Waals surface area contributed by atoms with Crippen LogP contribution in [0.2, 0.25) is 10.0 Å². The highest BCUT2D eigenvalue weighted by molar-refractivity contribution is 6.41. The zero-order valence-electron chi connectivity index (χ0n) is 9.24. The standard InChI is InChI=1S/C11H8Cl2N2O3/c1-17-11(16)10-7(13)8(14)6(12)9(15-10)5-3-2-4-18-5/h2-4H,1H3,(H2,14,15). The molecule has 0 spiro atoms. The highest BCUT2D eigenvalue weighted by Gasteiger charge is 2.22. The second-order valence-electron chi connectivity index (χ2n) is 3.32. The first-order valence-electron chi connectivity index (χ1n) is 4.83. The third kappa shape index (κ3) is 2.02. The van der Waals surface area contributed by atoms with Crippen molar-refractivity contribution in [1.82, 2.24) is 4.98 Å². The summed E-state index contributed by atoms with van der Waals surface area (Å²) >= 11 is 11.9. The van der Waals surface area contributed by atoms with Gasteiger partial charge in [-0.05, 0) is 12.1 Å². The number of methoxy groups -OCH3 is 1. The molecule has 0 amide bonds. The molecule has 0 aliphatic heterocycles. The van der Waals surface area contributed by atoms with Crippen molar-refractivity contribution in [2.75, 3.05) is 12.8 Å². The Morgan fingerprint density at radius 1 is 1.44 bits per heavy atom. The summed E-state index contributed by atoms with van der Waals surface area (Å²) in [5.74, 6) is -0.315. The summed E-state index contributed by atoms with van der Waals surface area (Å²) in [5, 5.41) is 0.0877. The molecule has 5 nitrogen and oxygen atoms in total. The molecule has 0 bridgehead atoms. The fraction of sp³-hybridized carbons (Fsp3) is 0.0909. The summed E-state index contributed by atoms with van der Waals surface area (Å²) in [4.78, 5) is 15.6. The van der Waals surface area contributed by atoms with Crippen molar-refractivity contribution in [2.24, 2.45) is 0 Å². The fourth-order valence-electron chi connectivity index (χ4n) is 1.37. The van der Waals surface area contributed by atoms with E-state index in [-0.39, 0.29) is 27.1 Å². The molecule has 2 rings (SSSR count). The molecule has 18 heavy (non-hydrogen) atoms. The minimum atomic E-state index is -0.698. The number of rotatable bonds is 2. The first-order chi connectivity index (χ1) is 8.56. The number of pyridine rings is 1. The van der Waals surface area contributed by atoms with Crippen molar-refractivity contribution in [1.29, 1.82) is 0 Å². The molecule has 2 N–H and O–H groups in total. The van der Waals surface area contributed by atoms with Crippen molar-refractivity contribution < 1.29 is 13.9 Å². The first kappa shape index (κ1) is 12.7. The number of halogens is 2. The number of hydrogen-bond donors (Lipinski definition) is 1. The van der Waals surface area contributed by atoms with Gasteiger partial charge >= 0.3 is 5.97 Å². The predicted octanol–water partition coefficient (Wildman–Crippen LogP) is 3.02. The van der Waals surface area contributed by atoms with Gasteiger partial charge in [-0.1, -0.05) is 23.2 Å². The Kier molecular flexibility index (Phi) is 3.45. The average molecular weight is 287 g/mol. The van der Waals surface area contributed by atoms with E-state index in [2.05, 4.69) is 9.72 Å². The summed E-state index contributed by atoms with van der Waals surface area (Å²) in [6.07, 6.45) is 1.45. The van der Waals surface area contributed by atoms with E-state index < -0.39 is 5.97 Å². The zero-order chi connectivity index (χ0) is 13.3. The number of furan rings is 1. The van der Waals surface area contributed by atoms with Gasteiger partial charge in [0.1, 0.15) is 5.69 Å². The third-order valence-electron chi connectivity index (χ3n) is 2.25. The summed E-state index contributed by atoms with van der Waals surface area (Å²) in [5.41, 5.74) is 5.92. The number of nitrogens with two attached hydrogens (primary N) is 1. The molecule has 0 unspecified atom stereocenters. The van der Waals surface area contributed by atoms with Gasteiger partial charge in [-0.15, -0.1) is 0 Å². The molecule has 0 aromatic carbocycles. The fourth-order valence-corrected chi connectivity index (χ4v) is 1.86. The van der Waals surface area contributed by atoms with Crippen LogP contribution in [0.15, 0.2) is 22.8 Å². The molecule has 0 saturated carbocycles. The molecule has 2 aromatic heterocycles. The molecule has 0 atom stereocenters. The number of hydrogen-bond acceptors (Lipinski definition) is 5. The molecule has 2 aromatic rings. The molecule has 0 fully saturated rings. The molecular weight excluding hydrogens is 279 g/mol. The van der Waals surface area contributed by atoms with Crippen LogP contribution in [0.1, 0.15) is 10.5 Å². The van der Waals surface area contributed by atoms with Crippen molar-refractivity contribution in [2.45, 2.75) is 0 Å². The van der Waals surface area contributed by atoms with Gasteiger partial charge in [-0.2, -0.15) is 0 Å². The predicted molar refractivity (Wildman–Crippen MR) is 67.7 cm³/mol. The molecule has 2 heterocycles. The lowest BCUT2D eigenvalue weighted by atomic mass is 10.2. The average Bonchev–Trinajstić information content (AvgIpc) is 2.89. The SMILES string of the molecule is COC(=O)c1nc(-c2ccco2)c(Cl)c(N)c1Cl.